The van der Waals surface area contributed by atoms with Gasteiger partial charge in [0.05, 0.1) is 5.69 Å². The summed E-state index contributed by atoms with van der Waals surface area (Å²) >= 11 is 5.90. The molecular weight excluding hydrogens is 286 g/mol. The zero-order valence-corrected chi connectivity index (χ0v) is 12.0. The number of anilines is 1. The van der Waals surface area contributed by atoms with Crippen LogP contribution in [0.1, 0.15) is 13.8 Å². The first kappa shape index (κ1) is 13.8. The molecule has 0 atom stereocenters. The first-order chi connectivity index (χ1) is 8.91. The summed E-state index contributed by atoms with van der Waals surface area (Å²) in [6, 6.07) is 8.51. The highest BCUT2D eigenvalue weighted by molar-refractivity contribution is 7.98. The monoisotopic (exact) mass is 297 g/mol. The van der Waals surface area contributed by atoms with Gasteiger partial charge in [0, 0.05) is 11.3 Å². The highest BCUT2D eigenvalue weighted by Gasteiger charge is 2.35. The molecule has 0 saturated carbocycles. The van der Waals surface area contributed by atoms with Crippen LogP contribution in [-0.4, -0.2) is 14.7 Å². The topological polar surface area (TPSA) is 54.5 Å². The highest BCUT2D eigenvalue weighted by Crippen LogP contribution is 2.37. The number of aldehydes is 1. The van der Waals surface area contributed by atoms with Gasteiger partial charge in [-0.15, -0.1) is 0 Å². The van der Waals surface area contributed by atoms with Crippen LogP contribution in [0.4, 0.5) is 5.69 Å². The van der Waals surface area contributed by atoms with E-state index in [0.717, 1.165) is 4.31 Å². The van der Waals surface area contributed by atoms with Gasteiger partial charge in [-0.1, -0.05) is 29.8 Å². The minimum Gasteiger partial charge on any atom is -0.298 e. The molecular formula is C13H12ClNO3S. The molecule has 19 heavy (non-hydrogen) atoms. The van der Waals surface area contributed by atoms with Crippen LogP contribution in [0.15, 0.2) is 51.5 Å². The third-order valence-electron chi connectivity index (χ3n) is 2.97. The van der Waals surface area contributed by atoms with Crippen LogP contribution in [0, 0.1) is 0 Å². The Morgan fingerprint density at radius 2 is 1.74 bits per heavy atom. The van der Waals surface area contributed by atoms with Gasteiger partial charge in [0.1, 0.15) is 0 Å². The number of nitrogens with zero attached hydrogens (tertiary/aromatic N) is 1. The third-order valence-corrected chi connectivity index (χ3v) is 5.56. The molecule has 0 saturated heterocycles. The second kappa shape index (κ2) is 4.83. The predicted molar refractivity (Wildman–Crippen MR) is 75.2 cm³/mol. The standard InChI is InChI=1S/C13H12ClNO3S/c1-9-12(8-16)10(2)15(19(17,18)13(9)14)11-6-4-3-5-7-11/h3-8H,1-2H3. The normalized spacial score (nSPS) is 18.8. The fourth-order valence-electron chi connectivity index (χ4n) is 2.01. The second-order valence-electron chi connectivity index (χ2n) is 4.12. The van der Waals surface area contributed by atoms with E-state index in [1.54, 1.807) is 37.3 Å². The maximum Gasteiger partial charge on any atom is 0.279 e. The van der Waals surface area contributed by atoms with Gasteiger partial charge >= 0.3 is 0 Å². The molecule has 6 heteroatoms. The molecule has 0 aliphatic carbocycles. The Hall–Kier alpha value is -1.59. The molecule has 4 nitrogen and oxygen atoms in total. The number of halogens is 1. The van der Waals surface area contributed by atoms with E-state index < -0.39 is 10.0 Å². The van der Waals surface area contributed by atoms with Crippen molar-refractivity contribution in [3.8, 4) is 0 Å². The molecule has 1 heterocycles. The van der Waals surface area contributed by atoms with Crippen molar-refractivity contribution in [2.24, 2.45) is 0 Å². The van der Waals surface area contributed by atoms with Crippen molar-refractivity contribution in [1.82, 2.24) is 0 Å². The zero-order chi connectivity index (χ0) is 14.2. The van der Waals surface area contributed by atoms with Crippen LogP contribution in [-0.2, 0) is 14.8 Å². The van der Waals surface area contributed by atoms with Gasteiger partial charge in [0.15, 0.2) is 10.7 Å². The smallest absolute Gasteiger partial charge is 0.279 e. The van der Waals surface area contributed by atoms with Gasteiger partial charge in [0.2, 0.25) is 0 Å². The first-order valence-corrected chi connectivity index (χ1v) is 7.36. The molecule has 1 aliphatic rings. The lowest BCUT2D eigenvalue weighted by atomic mass is 10.1. The molecule has 0 amide bonds. The molecule has 100 valence electrons. The number of benzene rings is 1. The van der Waals surface area contributed by atoms with Crippen LogP contribution in [0.3, 0.4) is 0 Å². The number of hydrogen-bond donors (Lipinski definition) is 0. The average molecular weight is 298 g/mol. The summed E-state index contributed by atoms with van der Waals surface area (Å²) in [5.41, 5.74) is 1.37. The number of hydrogen-bond acceptors (Lipinski definition) is 3. The summed E-state index contributed by atoms with van der Waals surface area (Å²) in [7, 11) is -3.84. The van der Waals surface area contributed by atoms with E-state index in [4.69, 9.17) is 11.6 Å². The number of carbonyl (C=O) groups is 1. The SMILES string of the molecule is CC1=C(Cl)S(=O)(=O)N(c2ccccc2)C(C)=C1C=O. The van der Waals surface area contributed by atoms with E-state index in [-0.39, 0.29) is 9.94 Å². The van der Waals surface area contributed by atoms with Gasteiger partial charge in [-0.3, -0.25) is 4.79 Å². The average Bonchev–Trinajstić information content (AvgIpc) is 2.38. The Balaban J connectivity index is 2.75. The lowest BCUT2D eigenvalue weighted by Gasteiger charge is -2.30. The largest absolute Gasteiger partial charge is 0.298 e. The summed E-state index contributed by atoms with van der Waals surface area (Å²) in [6.07, 6.45) is 0.623. The van der Waals surface area contributed by atoms with Crippen molar-refractivity contribution in [2.75, 3.05) is 4.31 Å². The fourth-order valence-corrected chi connectivity index (χ4v) is 3.83. The predicted octanol–water partition coefficient (Wildman–Crippen LogP) is 2.78. The van der Waals surface area contributed by atoms with Crippen LogP contribution >= 0.6 is 11.6 Å². The zero-order valence-electron chi connectivity index (χ0n) is 10.4. The van der Waals surface area contributed by atoms with Crippen molar-refractivity contribution < 1.29 is 13.2 Å². The number of rotatable bonds is 2. The third kappa shape index (κ3) is 2.09. The van der Waals surface area contributed by atoms with Crippen molar-refractivity contribution >= 4 is 33.6 Å². The van der Waals surface area contributed by atoms with E-state index in [1.807, 2.05) is 0 Å². The van der Waals surface area contributed by atoms with Crippen LogP contribution in [0.2, 0.25) is 0 Å². The Morgan fingerprint density at radius 3 is 2.26 bits per heavy atom. The number of carbonyl (C=O) groups excluding carboxylic acids is 1. The molecule has 2 rings (SSSR count). The van der Waals surface area contributed by atoms with Gasteiger partial charge in [-0.05, 0) is 31.6 Å². The fraction of sp³-hybridized carbons (Fsp3) is 0.154. The van der Waals surface area contributed by atoms with Crippen LogP contribution in [0.5, 0.6) is 0 Å². The van der Waals surface area contributed by atoms with Crippen molar-refractivity contribution in [3.05, 3.63) is 51.5 Å². The van der Waals surface area contributed by atoms with E-state index >= 15 is 0 Å². The van der Waals surface area contributed by atoms with Crippen LogP contribution in [0.25, 0.3) is 0 Å². The van der Waals surface area contributed by atoms with Crippen LogP contribution < -0.4 is 4.31 Å². The highest BCUT2D eigenvalue weighted by atomic mass is 35.5. The van der Waals surface area contributed by atoms with Crippen molar-refractivity contribution in [1.29, 1.82) is 0 Å². The first-order valence-electron chi connectivity index (χ1n) is 5.54. The summed E-state index contributed by atoms with van der Waals surface area (Å²) in [4.78, 5) is 11.1. The molecule has 0 N–H and O–H groups in total. The van der Waals surface area contributed by atoms with E-state index in [1.165, 1.54) is 6.92 Å². The van der Waals surface area contributed by atoms with E-state index in [9.17, 15) is 13.2 Å². The quantitative estimate of drug-likeness (QED) is 0.789. The number of sulfonamides is 1. The maximum atomic E-state index is 12.4. The van der Waals surface area contributed by atoms with Gasteiger partial charge in [-0.25, -0.2) is 4.31 Å². The van der Waals surface area contributed by atoms with Gasteiger partial charge < -0.3 is 0 Å². The van der Waals surface area contributed by atoms with Crippen molar-refractivity contribution in [2.45, 2.75) is 13.8 Å². The summed E-state index contributed by atoms with van der Waals surface area (Å²) in [5.74, 6) is 0. The molecule has 0 fully saturated rings. The molecule has 0 spiro atoms. The van der Waals surface area contributed by atoms with E-state index in [0.29, 0.717) is 23.2 Å². The molecule has 0 aromatic heterocycles. The maximum absolute atomic E-state index is 12.4. The molecule has 1 aliphatic heterocycles. The summed E-state index contributed by atoms with van der Waals surface area (Å²) in [6.45, 7) is 3.11. The summed E-state index contributed by atoms with van der Waals surface area (Å²) < 4.78 is 25.5. The summed E-state index contributed by atoms with van der Waals surface area (Å²) in [5, 5.41) is 0. The number of allylic oxidation sites excluding steroid dienone is 3. The second-order valence-corrected chi connectivity index (χ2v) is 6.45. The Kier molecular flexibility index (Phi) is 3.52. The minimum atomic E-state index is -3.84. The molecule has 1 aromatic rings. The van der Waals surface area contributed by atoms with Gasteiger partial charge in [-0.2, -0.15) is 8.42 Å². The minimum absolute atomic E-state index is 0.279. The molecule has 0 radical (unpaired) electrons. The lowest BCUT2D eigenvalue weighted by molar-refractivity contribution is -0.104. The van der Waals surface area contributed by atoms with Gasteiger partial charge in [0.25, 0.3) is 10.0 Å². The number of para-hydroxylation sites is 1. The Bertz CT molecular complexity index is 690. The Labute approximate surface area is 117 Å². The Morgan fingerprint density at radius 1 is 1.16 bits per heavy atom. The van der Waals surface area contributed by atoms with Crippen molar-refractivity contribution in [3.63, 3.8) is 0 Å². The molecule has 0 unspecified atom stereocenters. The van der Waals surface area contributed by atoms with E-state index in [2.05, 4.69) is 0 Å². The molecule has 1 aromatic carbocycles. The lowest BCUT2D eigenvalue weighted by Crippen LogP contribution is -2.34. The molecule has 0 bridgehead atoms.